The van der Waals surface area contributed by atoms with Gasteiger partial charge < -0.3 is 4.74 Å². The number of hydrogen-bond acceptors (Lipinski definition) is 2. The summed E-state index contributed by atoms with van der Waals surface area (Å²) in [4.78, 5) is 13.7. The first-order valence-electron chi connectivity index (χ1n) is 3.38. The molecule has 1 aromatic rings. The molecular formula is C9H7NO2. The predicted octanol–water partition coefficient (Wildman–Crippen LogP) is 2.16. The molecule has 0 heterocycles. The van der Waals surface area contributed by atoms with Crippen molar-refractivity contribution in [3.05, 3.63) is 35.7 Å². The van der Waals surface area contributed by atoms with E-state index in [1.807, 2.05) is 0 Å². The quantitative estimate of drug-likeness (QED) is 0.359. The third-order valence-electron chi connectivity index (χ3n) is 1.23. The largest absolute Gasteiger partial charge is 0.427 e. The maximum Gasteiger partial charge on any atom is 0.308 e. The Morgan fingerprint density at radius 3 is 2.42 bits per heavy atom. The molecule has 0 aliphatic carbocycles. The monoisotopic (exact) mass is 161 g/mol. The molecule has 3 nitrogen and oxygen atoms in total. The van der Waals surface area contributed by atoms with E-state index in [9.17, 15) is 4.79 Å². The van der Waals surface area contributed by atoms with Crippen molar-refractivity contribution in [1.29, 1.82) is 0 Å². The van der Waals surface area contributed by atoms with Gasteiger partial charge in [0.1, 0.15) is 5.75 Å². The maximum atomic E-state index is 10.5. The lowest BCUT2D eigenvalue weighted by Crippen LogP contribution is -2.00. The Labute approximate surface area is 70.4 Å². The van der Waals surface area contributed by atoms with Crippen molar-refractivity contribution in [2.75, 3.05) is 0 Å². The highest BCUT2D eigenvalue weighted by molar-refractivity contribution is 5.69. The van der Waals surface area contributed by atoms with Crippen molar-refractivity contribution in [3.63, 3.8) is 0 Å². The van der Waals surface area contributed by atoms with Crippen molar-refractivity contribution in [2.45, 2.75) is 6.92 Å². The smallest absolute Gasteiger partial charge is 0.308 e. The standard InChI is InChI=1S/C9H7NO2/c1-7(11)12-9-5-3-8(10-2)4-6-9/h3-6H,1H3. The van der Waals surface area contributed by atoms with Crippen LogP contribution in [-0.4, -0.2) is 5.97 Å². The first-order valence-corrected chi connectivity index (χ1v) is 3.38. The summed E-state index contributed by atoms with van der Waals surface area (Å²) < 4.78 is 4.77. The molecule has 0 aromatic heterocycles. The second-order valence-electron chi connectivity index (χ2n) is 2.20. The molecule has 0 aliphatic rings. The average molecular weight is 161 g/mol. The van der Waals surface area contributed by atoms with Gasteiger partial charge in [0.05, 0.1) is 6.57 Å². The van der Waals surface area contributed by atoms with E-state index < -0.39 is 0 Å². The summed E-state index contributed by atoms with van der Waals surface area (Å²) >= 11 is 0. The van der Waals surface area contributed by atoms with Crippen LogP contribution < -0.4 is 4.74 Å². The van der Waals surface area contributed by atoms with Crippen LogP contribution in [0, 0.1) is 6.57 Å². The summed E-state index contributed by atoms with van der Waals surface area (Å²) in [5, 5.41) is 0. The van der Waals surface area contributed by atoms with Gasteiger partial charge in [-0.1, -0.05) is 12.1 Å². The van der Waals surface area contributed by atoms with Crippen molar-refractivity contribution < 1.29 is 9.53 Å². The second kappa shape index (κ2) is 3.54. The zero-order valence-corrected chi connectivity index (χ0v) is 6.57. The van der Waals surface area contributed by atoms with E-state index in [1.54, 1.807) is 24.3 Å². The van der Waals surface area contributed by atoms with Crippen LogP contribution >= 0.6 is 0 Å². The molecule has 60 valence electrons. The summed E-state index contributed by atoms with van der Waals surface area (Å²) in [6.45, 7) is 8.01. The molecule has 3 heteroatoms. The molecule has 0 saturated heterocycles. The van der Waals surface area contributed by atoms with Gasteiger partial charge in [-0.15, -0.1) is 0 Å². The highest BCUT2D eigenvalue weighted by atomic mass is 16.5. The number of hydrogen-bond donors (Lipinski definition) is 0. The molecule has 0 N–H and O–H groups in total. The van der Waals surface area contributed by atoms with Crippen LogP contribution in [-0.2, 0) is 4.79 Å². The van der Waals surface area contributed by atoms with Gasteiger partial charge in [-0.25, -0.2) is 4.85 Å². The first-order chi connectivity index (χ1) is 5.72. The van der Waals surface area contributed by atoms with Crippen molar-refractivity contribution in [3.8, 4) is 5.75 Å². The lowest BCUT2D eigenvalue weighted by Gasteiger charge is -1.99. The lowest BCUT2D eigenvalue weighted by atomic mass is 10.3. The summed E-state index contributed by atoms with van der Waals surface area (Å²) in [6.07, 6.45) is 0. The zero-order chi connectivity index (χ0) is 8.97. The van der Waals surface area contributed by atoms with Crippen LogP contribution in [0.25, 0.3) is 4.85 Å². The second-order valence-corrected chi connectivity index (χ2v) is 2.20. The third-order valence-corrected chi connectivity index (χ3v) is 1.23. The molecule has 0 saturated carbocycles. The summed E-state index contributed by atoms with van der Waals surface area (Å²) in [5.41, 5.74) is 0.533. The molecular weight excluding hydrogens is 154 g/mol. The third kappa shape index (κ3) is 2.10. The molecule has 0 spiro atoms. The number of esters is 1. The topological polar surface area (TPSA) is 30.7 Å². The molecule has 1 rings (SSSR count). The molecule has 0 aliphatic heterocycles. The fraction of sp³-hybridized carbons (Fsp3) is 0.111. The van der Waals surface area contributed by atoms with Crippen LogP contribution in [0.1, 0.15) is 6.92 Å². The minimum absolute atomic E-state index is 0.356. The van der Waals surface area contributed by atoms with Gasteiger partial charge in [-0.3, -0.25) is 4.79 Å². The van der Waals surface area contributed by atoms with E-state index in [-0.39, 0.29) is 5.97 Å². The highest BCUT2D eigenvalue weighted by Crippen LogP contribution is 2.17. The normalized spacial score (nSPS) is 8.67. The molecule has 0 fully saturated rings. The summed E-state index contributed by atoms with van der Waals surface area (Å²) in [7, 11) is 0. The molecule has 0 amide bonds. The van der Waals surface area contributed by atoms with E-state index in [1.165, 1.54) is 6.92 Å². The Hall–Kier alpha value is -1.82. The fourth-order valence-electron chi connectivity index (χ4n) is 0.755. The highest BCUT2D eigenvalue weighted by Gasteiger charge is 1.96. The minimum atomic E-state index is -0.356. The van der Waals surface area contributed by atoms with E-state index >= 15 is 0 Å². The molecule has 0 radical (unpaired) electrons. The van der Waals surface area contributed by atoms with E-state index in [0.717, 1.165) is 0 Å². The number of ether oxygens (including phenoxy) is 1. The van der Waals surface area contributed by atoms with Crippen molar-refractivity contribution in [2.24, 2.45) is 0 Å². The number of benzene rings is 1. The number of rotatable bonds is 1. The summed E-state index contributed by atoms with van der Waals surface area (Å²) in [5.74, 6) is 0.112. The minimum Gasteiger partial charge on any atom is -0.427 e. The lowest BCUT2D eigenvalue weighted by molar-refractivity contribution is -0.131. The number of carbonyl (C=O) groups is 1. The van der Waals surface area contributed by atoms with Gasteiger partial charge >= 0.3 is 5.97 Å². The van der Waals surface area contributed by atoms with Gasteiger partial charge in [0.2, 0.25) is 0 Å². The van der Waals surface area contributed by atoms with Gasteiger partial charge in [-0.2, -0.15) is 0 Å². The Morgan fingerprint density at radius 1 is 1.42 bits per heavy atom. The van der Waals surface area contributed by atoms with Gasteiger partial charge in [0.15, 0.2) is 5.69 Å². The van der Waals surface area contributed by atoms with Gasteiger partial charge in [0, 0.05) is 6.92 Å². The van der Waals surface area contributed by atoms with Crippen LogP contribution in [0.4, 0.5) is 5.69 Å². The van der Waals surface area contributed by atoms with Crippen LogP contribution in [0.15, 0.2) is 24.3 Å². The molecule has 0 bridgehead atoms. The molecule has 12 heavy (non-hydrogen) atoms. The van der Waals surface area contributed by atoms with Gasteiger partial charge in [0.25, 0.3) is 0 Å². The predicted molar refractivity (Wildman–Crippen MR) is 44.0 cm³/mol. The molecule has 0 unspecified atom stereocenters. The van der Waals surface area contributed by atoms with Crippen LogP contribution in [0.5, 0.6) is 5.75 Å². The van der Waals surface area contributed by atoms with Crippen molar-refractivity contribution >= 4 is 11.7 Å². The van der Waals surface area contributed by atoms with Crippen LogP contribution in [0.3, 0.4) is 0 Å². The Balaban J connectivity index is 2.80. The average Bonchev–Trinajstić information content (AvgIpc) is 2.05. The fourth-order valence-corrected chi connectivity index (χ4v) is 0.755. The zero-order valence-electron chi connectivity index (χ0n) is 6.57. The molecule has 0 atom stereocenters. The van der Waals surface area contributed by atoms with Gasteiger partial charge in [-0.05, 0) is 12.1 Å². The van der Waals surface area contributed by atoms with Crippen molar-refractivity contribution in [1.82, 2.24) is 0 Å². The first kappa shape index (κ1) is 8.28. The molecule has 1 aromatic carbocycles. The Kier molecular flexibility index (Phi) is 2.44. The number of nitrogens with zero attached hydrogens (tertiary/aromatic N) is 1. The summed E-state index contributed by atoms with van der Waals surface area (Å²) in [6, 6.07) is 6.39. The number of carbonyl (C=O) groups excluding carboxylic acids is 1. The Bertz CT molecular complexity index is 321. The van der Waals surface area contributed by atoms with Crippen LogP contribution in [0.2, 0.25) is 0 Å². The maximum absolute atomic E-state index is 10.5. The van der Waals surface area contributed by atoms with E-state index in [4.69, 9.17) is 11.3 Å². The Morgan fingerprint density at radius 2 is 2.00 bits per heavy atom. The van der Waals surface area contributed by atoms with E-state index in [0.29, 0.717) is 11.4 Å². The van der Waals surface area contributed by atoms with E-state index in [2.05, 4.69) is 4.85 Å². The SMILES string of the molecule is [C-]#[N+]c1ccc(OC(C)=O)cc1.